The molecule has 3 nitrogen and oxygen atoms in total. The van der Waals surface area contributed by atoms with Gasteiger partial charge in [-0.05, 0) is 6.92 Å². The number of carbonyl (C=O) groups is 1. The van der Waals surface area contributed by atoms with E-state index < -0.39 is 17.3 Å². The highest BCUT2D eigenvalue weighted by molar-refractivity contribution is 5.72. The van der Waals surface area contributed by atoms with Crippen LogP contribution in [0.3, 0.4) is 0 Å². The number of halogens is 2. The van der Waals surface area contributed by atoms with Gasteiger partial charge in [-0.2, -0.15) is 0 Å². The summed E-state index contributed by atoms with van der Waals surface area (Å²) in [6.45, 7) is 2.02. The Labute approximate surface area is 79.7 Å². The predicted octanol–water partition coefficient (Wildman–Crippen LogP) is 1.93. The Morgan fingerprint density at radius 2 is 2.00 bits per heavy atom. The Morgan fingerprint density at radius 1 is 1.43 bits per heavy atom. The van der Waals surface area contributed by atoms with Gasteiger partial charge in [0.05, 0.1) is 6.61 Å². The van der Waals surface area contributed by atoms with Crippen molar-refractivity contribution in [2.75, 3.05) is 11.9 Å². The van der Waals surface area contributed by atoms with Crippen LogP contribution < -0.4 is 10.1 Å². The number of benzene rings is 1. The van der Waals surface area contributed by atoms with Crippen molar-refractivity contribution in [3.63, 3.8) is 0 Å². The van der Waals surface area contributed by atoms with Gasteiger partial charge >= 0.3 is 0 Å². The van der Waals surface area contributed by atoms with E-state index in [1.165, 1.54) is 0 Å². The molecule has 1 N–H and O–H groups in total. The highest BCUT2D eigenvalue weighted by Gasteiger charge is 2.10. The molecule has 0 aliphatic rings. The van der Waals surface area contributed by atoms with Gasteiger partial charge in [0.15, 0.2) is 11.6 Å². The fourth-order valence-electron chi connectivity index (χ4n) is 0.997. The number of amides is 1. The lowest BCUT2D eigenvalue weighted by atomic mass is 10.2. The third-order valence-electron chi connectivity index (χ3n) is 1.53. The van der Waals surface area contributed by atoms with Crippen molar-refractivity contribution in [3.8, 4) is 5.75 Å². The summed E-state index contributed by atoms with van der Waals surface area (Å²) in [6.07, 6.45) is 0.210. The standard InChI is InChI=1S/C9H9F2NO2/c1-2-14-6-3-7(10)9(12-5-13)8(11)4-6/h3-5H,2H2,1H3,(H,12,13). The van der Waals surface area contributed by atoms with E-state index in [1.807, 2.05) is 5.32 Å². The first kappa shape index (κ1) is 10.4. The van der Waals surface area contributed by atoms with Gasteiger partial charge < -0.3 is 10.1 Å². The molecule has 0 radical (unpaired) electrons. The topological polar surface area (TPSA) is 38.3 Å². The van der Waals surface area contributed by atoms with Crippen LogP contribution in [0.15, 0.2) is 12.1 Å². The van der Waals surface area contributed by atoms with Gasteiger partial charge in [-0.3, -0.25) is 4.79 Å². The first-order valence-electron chi connectivity index (χ1n) is 4.01. The summed E-state index contributed by atoms with van der Waals surface area (Å²) in [7, 11) is 0. The third kappa shape index (κ3) is 2.18. The van der Waals surface area contributed by atoms with E-state index in [-0.39, 0.29) is 12.2 Å². The average Bonchev–Trinajstić information content (AvgIpc) is 2.12. The quantitative estimate of drug-likeness (QED) is 0.756. The minimum atomic E-state index is -0.861. The summed E-state index contributed by atoms with van der Waals surface area (Å²) in [5.74, 6) is -1.62. The van der Waals surface area contributed by atoms with Gasteiger partial charge in [-0.1, -0.05) is 0 Å². The Kier molecular flexibility index (Phi) is 3.39. The SMILES string of the molecule is CCOc1cc(F)c(NC=O)c(F)c1. The fraction of sp³-hybridized carbons (Fsp3) is 0.222. The van der Waals surface area contributed by atoms with Gasteiger partial charge in [-0.25, -0.2) is 8.78 Å². The zero-order valence-electron chi connectivity index (χ0n) is 7.51. The predicted molar refractivity (Wildman–Crippen MR) is 47.2 cm³/mol. The third-order valence-corrected chi connectivity index (χ3v) is 1.53. The minimum absolute atomic E-state index is 0.0962. The van der Waals surface area contributed by atoms with Gasteiger partial charge in [0.1, 0.15) is 11.4 Å². The Bertz CT molecular complexity index is 319. The molecule has 1 aromatic carbocycles. The van der Waals surface area contributed by atoms with Crippen LogP contribution in [0.4, 0.5) is 14.5 Å². The molecule has 0 saturated carbocycles. The molecule has 1 rings (SSSR count). The molecule has 0 aliphatic heterocycles. The van der Waals surface area contributed by atoms with E-state index in [2.05, 4.69) is 0 Å². The lowest BCUT2D eigenvalue weighted by Crippen LogP contribution is -2.02. The number of rotatable bonds is 4. The normalized spacial score (nSPS) is 9.64. The van der Waals surface area contributed by atoms with Crippen LogP contribution in [0, 0.1) is 11.6 Å². The molecule has 14 heavy (non-hydrogen) atoms. The van der Waals surface area contributed by atoms with E-state index in [9.17, 15) is 13.6 Å². The van der Waals surface area contributed by atoms with Crippen molar-refractivity contribution in [2.24, 2.45) is 0 Å². The van der Waals surface area contributed by atoms with Crippen molar-refractivity contribution < 1.29 is 18.3 Å². The van der Waals surface area contributed by atoms with E-state index >= 15 is 0 Å². The number of nitrogens with one attached hydrogen (secondary N) is 1. The second kappa shape index (κ2) is 4.55. The molecule has 76 valence electrons. The summed E-state index contributed by atoms with van der Waals surface area (Å²) < 4.78 is 31.1. The van der Waals surface area contributed by atoms with E-state index in [1.54, 1.807) is 6.92 Å². The smallest absolute Gasteiger partial charge is 0.211 e. The van der Waals surface area contributed by atoms with Crippen LogP contribution in [0.5, 0.6) is 5.75 Å². The van der Waals surface area contributed by atoms with Crippen molar-refractivity contribution in [1.82, 2.24) is 0 Å². The number of hydrogen-bond donors (Lipinski definition) is 1. The maximum atomic E-state index is 13.1. The monoisotopic (exact) mass is 201 g/mol. The Morgan fingerprint density at radius 3 is 2.43 bits per heavy atom. The maximum absolute atomic E-state index is 13.1. The number of anilines is 1. The molecule has 5 heteroatoms. The zero-order chi connectivity index (χ0) is 10.6. The second-order valence-electron chi connectivity index (χ2n) is 2.46. The highest BCUT2D eigenvalue weighted by Crippen LogP contribution is 2.24. The highest BCUT2D eigenvalue weighted by atomic mass is 19.1. The summed E-state index contributed by atoms with van der Waals surface area (Å²) >= 11 is 0. The van der Waals surface area contributed by atoms with Gasteiger partial charge in [0, 0.05) is 12.1 Å². The second-order valence-corrected chi connectivity index (χ2v) is 2.46. The van der Waals surface area contributed by atoms with Gasteiger partial charge in [0.2, 0.25) is 6.41 Å². The first-order valence-corrected chi connectivity index (χ1v) is 4.01. The molecule has 0 spiro atoms. The number of hydrogen-bond acceptors (Lipinski definition) is 2. The van der Waals surface area contributed by atoms with Gasteiger partial charge in [0.25, 0.3) is 0 Å². The lowest BCUT2D eigenvalue weighted by molar-refractivity contribution is -0.105. The van der Waals surface area contributed by atoms with Gasteiger partial charge in [-0.15, -0.1) is 0 Å². The molecule has 0 heterocycles. The maximum Gasteiger partial charge on any atom is 0.211 e. The molecular formula is C9H9F2NO2. The molecule has 0 bridgehead atoms. The van der Waals surface area contributed by atoms with Crippen LogP contribution in [0.2, 0.25) is 0 Å². The zero-order valence-corrected chi connectivity index (χ0v) is 7.51. The van der Waals surface area contributed by atoms with Crippen molar-refractivity contribution in [1.29, 1.82) is 0 Å². The molecule has 0 fully saturated rings. The summed E-state index contributed by atoms with van der Waals surface area (Å²) in [6, 6.07) is 2.02. The molecule has 0 saturated heterocycles. The van der Waals surface area contributed by atoms with E-state index in [0.29, 0.717) is 6.61 Å². The van der Waals surface area contributed by atoms with Crippen LogP contribution in [-0.4, -0.2) is 13.0 Å². The Balaban J connectivity index is 3.04. The van der Waals surface area contributed by atoms with Crippen LogP contribution in [-0.2, 0) is 4.79 Å². The fourth-order valence-corrected chi connectivity index (χ4v) is 0.997. The summed E-state index contributed by atoms with van der Waals surface area (Å²) in [5.41, 5.74) is -0.469. The lowest BCUT2D eigenvalue weighted by Gasteiger charge is -2.07. The molecule has 1 aromatic rings. The van der Waals surface area contributed by atoms with E-state index in [0.717, 1.165) is 12.1 Å². The molecule has 0 aliphatic carbocycles. The average molecular weight is 201 g/mol. The summed E-state index contributed by atoms with van der Waals surface area (Å²) in [5, 5.41) is 1.93. The van der Waals surface area contributed by atoms with Crippen molar-refractivity contribution in [3.05, 3.63) is 23.8 Å². The molecule has 0 atom stereocenters. The molecule has 0 aromatic heterocycles. The van der Waals surface area contributed by atoms with E-state index in [4.69, 9.17) is 4.74 Å². The number of carbonyl (C=O) groups excluding carboxylic acids is 1. The van der Waals surface area contributed by atoms with Crippen LogP contribution in [0.1, 0.15) is 6.92 Å². The molecule has 1 amide bonds. The Hall–Kier alpha value is -1.65. The largest absolute Gasteiger partial charge is 0.494 e. The van der Waals surface area contributed by atoms with Crippen molar-refractivity contribution in [2.45, 2.75) is 6.92 Å². The molecular weight excluding hydrogens is 192 g/mol. The van der Waals surface area contributed by atoms with Crippen LogP contribution >= 0.6 is 0 Å². The minimum Gasteiger partial charge on any atom is -0.494 e. The molecule has 0 unspecified atom stereocenters. The first-order chi connectivity index (χ1) is 6.69. The summed E-state index contributed by atoms with van der Waals surface area (Å²) in [4.78, 5) is 10.0. The van der Waals surface area contributed by atoms with Crippen molar-refractivity contribution >= 4 is 12.1 Å². The number of ether oxygens (including phenoxy) is 1. The van der Waals surface area contributed by atoms with Crippen LogP contribution in [0.25, 0.3) is 0 Å².